The number of hydrogen-bond donors (Lipinski definition) is 1. The van der Waals surface area contributed by atoms with Crippen molar-refractivity contribution in [1.82, 2.24) is 0 Å². The van der Waals surface area contributed by atoms with Crippen LogP contribution in [0.25, 0.3) is 0 Å². The maximum Gasteiger partial charge on any atom is 0.338 e. The van der Waals surface area contributed by atoms with Crippen LogP contribution in [0.4, 0.5) is 5.69 Å². The van der Waals surface area contributed by atoms with E-state index in [4.69, 9.17) is 39.5 Å². The number of ether oxygens (including phenoxy) is 2. The molecule has 1 N–H and O–H groups in total. The van der Waals surface area contributed by atoms with Gasteiger partial charge in [-0.15, -0.1) is 0 Å². The fourth-order valence-electron chi connectivity index (χ4n) is 2.70. The van der Waals surface area contributed by atoms with Crippen molar-refractivity contribution < 1.29 is 27.5 Å². The summed E-state index contributed by atoms with van der Waals surface area (Å²) < 4.78 is 37.9. The molecule has 0 aromatic heterocycles. The van der Waals surface area contributed by atoms with Crippen LogP contribution < -0.4 is 4.72 Å². The van der Waals surface area contributed by atoms with Crippen molar-refractivity contribution in [2.75, 3.05) is 11.8 Å². The van der Waals surface area contributed by atoms with E-state index in [-0.39, 0.29) is 37.8 Å². The maximum atomic E-state index is 12.9. The number of esters is 2. The van der Waals surface area contributed by atoms with Gasteiger partial charge >= 0.3 is 11.9 Å². The molecule has 11 heteroatoms. The molecule has 0 heterocycles. The quantitative estimate of drug-likeness (QED) is 0.401. The van der Waals surface area contributed by atoms with Gasteiger partial charge in [0.25, 0.3) is 10.0 Å². The van der Waals surface area contributed by atoms with Crippen molar-refractivity contribution in [3.05, 3.63) is 92.4 Å². The molecular weight excluding hydrogens is 513 g/mol. The molecule has 0 atom stereocenters. The van der Waals surface area contributed by atoms with Crippen molar-refractivity contribution >= 4 is 62.5 Å². The zero-order valence-corrected chi connectivity index (χ0v) is 20.1. The number of methoxy groups -OCH3 is 1. The number of carbonyl (C=O) groups excluding carboxylic acids is 2. The summed E-state index contributed by atoms with van der Waals surface area (Å²) in [5.74, 6) is -1.25. The molecule has 0 saturated carbocycles. The lowest BCUT2D eigenvalue weighted by Gasteiger charge is -2.12. The second-order valence-electron chi connectivity index (χ2n) is 6.64. The molecule has 0 saturated heterocycles. The van der Waals surface area contributed by atoms with E-state index in [0.717, 1.165) is 6.07 Å². The number of rotatable bonds is 7. The number of carbonyl (C=O) groups is 2. The van der Waals surface area contributed by atoms with Crippen LogP contribution in [0.3, 0.4) is 0 Å². The fourth-order valence-corrected chi connectivity index (χ4v) is 4.69. The molecule has 0 unspecified atom stereocenters. The summed E-state index contributed by atoms with van der Waals surface area (Å²) in [4.78, 5) is 23.6. The van der Waals surface area contributed by atoms with E-state index in [1.54, 1.807) is 12.1 Å². The van der Waals surface area contributed by atoms with Crippen molar-refractivity contribution in [3.8, 4) is 0 Å². The molecule has 0 fully saturated rings. The molecule has 7 nitrogen and oxygen atoms in total. The van der Waals surface area contributed by atoms with Crippen LogP contribution >= 0.6 is 34.8 Å². The Kier molecular flexibility index (Phi) is 7.86. The lowest BCUT2D eigenvalue weighted by atomic mass is 10.1. The number of benzene rings is 3. The van der Waals surface area contributed by atoms with E-state index in [9.17, 15) is 18.0 Å². The Morgan fingerprint density at radius 1 is 0.848 bits per heavy atom. The topological polar surface area (TPSA) is 98.8 Å². The minimum Gasteiger partial charge on any atom is -0.465 e. The molecule has 0 aliphatic carbocycles. The SMILES string of the molecule is COC(=O)c1ccc(COC(=O)c2ccc(Cl)c(S(=O)(=O)Nc3cc(Cl)ccc3Cl)c2)cc1. The first-order valence-corrected chi connectivity index (χ1v) is 11.8. The minimum atomic E-state index is -4.20. The van der Waals surface area contributed by atoms with Crippen molar-refractivity contribution in [2.24, 2.45) is 0 Å². The highest BCUT2D eigenvalue weighted by molar-refractivity contribution is 7.92. The Hall–Kier alpha value is -2.78. The van der Waals surface area contributed by atoms with E-state index in [2.05, 4.69) is 9.46 Å². The summed E-state index contributed by atoms with van der Waals surface area (Å²) in [6.45, 7) is -0.0959. The number of anilines is 1. The summed E-state index contributed by atoms with van der Waals surface area (Å²) in [5, 5.41) is 0.309. The molecule has 3 aromatic rings. The van der Waals surface area contributed by atoms with Crippen LogP contribution in [-0.4, -0.2) is 27.5 Å². The molecule has 0 spiro atoms. The molecular formula is C22H16Cl3NO6S. The van der Waals surface area contributed by atoms with Gasteiger partial charge in [0.2, 0.25) is 0 Å². The van der Waals surface area contributed by atoms with Gasteiger partial charge in [0.05, 0.1) is 34.0 Å². The first-order valence-electron chi connectivity index (χ1n) is 9.22. The Labute approximate surface area is 205 Å². The number of halogens is 3. The second kappa shape index (κ2) is 10.4. The van der Waals surface area contributed by atoms with Gasteiger partial charge in [0, 0.05) is 5.02 Å². The van der Waals surface area contributed by atoms with Crippen LogP contribution in [0.5, 0.6) is 0 Å². The van der Waals surface area contributed by atoms with Crippen LogP contribution in [0.15, 0.2) is 65.6 Å². The number of nitrogens with one attached hydrogen (secondary N) is 1. The van der Waals surface area contributed by atoms with Gasteiger partial charge in [-0.2, -0.15) is 0 Å². The molecule has 0 aliphatic rings. The fraction of sp³-hybridized carbons (Fsp3) is 0.0909. The molecule has 0 amide bonds. The van der Waals surface area contributed by atoms with Crippen LogP contribution in [-0.2, 0) is 26.1 Å². The van der Waals surface area contributed by atoms with E-state index in [1.807, 2.05) is 0 Å². The average molecular weight is 529 g/mol. The molecule has 0 radical (unpaired) electrons. The summed E-state index contributed by atoms with van der Waals surface area (Å²) in [7, 11) is -2.92. The van der Waals surface area contributed by atoms with Crippen molar-refractivity contribution in [1.29, 1.82) is 0 Å². The van der Waals surface area contributed by atoms with Crippen LogP contribution in [0.1, 0.15) is 26.3 Å². The molecule has 0 bridgehead atoms. The lowest BCUT2D eigenvalue weighted by molar-refractivity contribution is 0.0471. The van der Waals surface area contributed by atoms with Gasteiger partial charge in [-0.1, -0.05) is 46.9 Å². The largest absolute Gasteiger partial charge is 0.465 e. The predicted molar refractivity (Wildman–Crippen MR) is 126 cm³/mol. The molecule has 0 aliphatic heterocycles. The number of sulfonamides is 1. The minimum absolute atomic E-state index is 0.0249. The Morgan fingerprint density at radius 3 is 2.15 bits per heavy atom. The highest BCUT2D eigenvalue weighted by atomic mass is 35.5. The molecule has 33 heavy (non-hydrogen) atoms. The van der Waals surface area contributed by atoms with E-state index < -0.39 is 22.0 Å². The smallest absolute Gasteiger partial charge is 0.338 e. The summed E-state index contributed by atoms with van der Waals surface area (Å²) in [6, 6.07) is 14.3. The standard InChI is InChI=1S/C22H16Cl3NO6S/c1-31-21(27)14-4-2-13(3-5-14)12-32-22(28)15-6-8-18(25)20(10-15)33(29,30)26-19-11-16(23)7-9-17(19)24/h2-11,26H,12H2,1H3. The summed E-state index contributed by atoms with van der Waals surface area (Å²) in [5.41, 5.74) is 1.01. The molecule has 3 aromatic carbocycles. The van der Waals surface area contributed by atoms with Gasteiger partial charge < -0.3 is 9.47 Å². The first-order chi connectivity index (χ1) is 15.6. The Bertz CT molecular complexity index is 1310. The average Bonchev–Trinajstić information content (AvgIpc) is 2.79. The third-order valence-electron chi connectivity index (χ3n) is 4.37. The first kappa shape index (κ1) is 24.9. The highest BCUT2D eigenvalue weighted by Crippen LogP contribution is 2.30. The van der Waals surface area contributed by atoms with Gasteiger partial charge in [0.15, 0.2) is 0 Å². The predicted octanol–water partition coefficient (Wildman–Crippen LogP) is 5.59. The Morgan fingerprint density at radius 2 is 1.48 bits per heavy atom. The van der Waals surface area contributed by atoms with Crippen molar-refractivity contribution in [3.63, 3.8) is 0 Å². The van der Waals surface area contributed by atoms with Crippen LogP contribution in [0.2, 0.25) is 15.1 Å². The summed E-state index contributed by atoms with van der Waals surface area (Å²) >= 11 is 18.0. The molecule has 3 rings (SSSR count). The Balaban J connectivity index is 1.76. The van der Waals surface area contributed by atoms with Gasteiger partial charge in [-0.05, 0) is 54.1 Å². The zero-order chi connectivity index (χ0) is 24.2. The molecule has 172 valence electrons. The third-order valence-corrected chi connectivity index (χ3v) is 6.79. The normalized spacial score (nSPS) is 11.0. The van der Waals surface area contributed by atoms with Gasteiger partial charge in [0.1, 0.15) is 11.5 Å². The van der Waals surface area contributed by atoms with Crippen molar-refractivity contribution in [2.45, 2.75) is 11.5 Å². The summed E-state index contributed by atoms with van der Waals surface area (Å²) in [6.07, 6.45) is 0. The van der Waals surface area contributed by atoms with E-state index in [0.29, 0.717) is 11.1 Å². The van der Waals surface area contributed by atoms with E-state index >= 15 is 0 Å². The number of hydrogen-bond acceptors (Lipinski definition) is 6. The second-order valence-corrected chi connectivity index (χ2v) is 9.54. The van der Waals surface area contributed by atoms with Gasteiger partial charge in [-0.3, -0.25) is 4.72 Å². The maximum absolute atomic E-state index is 12.9. The monoisotopic (exact) mass is 527 g/mol. The van der Waals surface area contributed by atoms with Crippen LogP contribution in [0, 0.1) is 0 Å². The lowest BCUT2D eigenvalue weighted by Crippen LogP contribution is -2.15. The van der Waals surface area contributed by atoms with Gasteiger partial charge in [-0.25, -0.2) is 18.0 Å². The zero-order valence-electron chi connectivity index (χ0n) is 17.0. The third kappa shape index (κ3) is 6.17. The van der Waals surface area contributed by atoms with E-state index in [1.165, 1.54) is 49.6 Å². The highest BCUT2D eigenvalue weighted by Gasteiger charge is 2.22.